The highest BCUT2D eigenvalue weighted by atomic mass is 32.2. The van der Waals surface area contributed by atoms with Crippen LogP contribution >= 0.6 is 11.8 Å². The zero-order valence-electron chi connectivity index (χ0n) is 12.9. The number of hydrogen-bond acceptors (Lipinski definition) is 4. The summed E-state index contributed by atoms with van der Waals surface area (Å²) in [7, 11) is -3.18. The van der Waals surface area contributed by atoms with Gasteiger partial charge in [0, 0.05) is 11.3 Å². The molecule has 0 aromatic heterocycles. The molecule has 0 unspecified atom stereocenters. The summed E-state index contributed by atoms with van der Waals surface area (Å²) in [6.45, 7) is 2.53. The van der Waals surface area contributed by atoms with Gasteiger partial charge in [-0.05, 0) is 31.2 Å². The Hall–Kier alpha value is -0.680. The molecule has 0 aliphatic heterocycles. The summed E-state index contributed by atoms with van der Waals surface area (Å²) in [5.74, 6) is 0.138. The minimum Gasteiger partial charge on any atom is -0.383 e. The third-order valence-corrected chi connectivity index (χ3v) is 7.61. The lowest BCUT2D eigenvalue weighted by molar-refractivity contribution is 0.411. The van der Waals surface area contributed by atoms with E-state index in [1.165, 1.54) is 32.1 Å². The van der Waals surface area contributed by atoms with E-state index in [2.05, 4.69) is 11.6 Å². The van der Waals surface area contributed by atoms with Crippen molar-refractivity contribution in [3.05, 3.63) is 24.3 Å². The number of anilines is 1. The Morgan fingerprint density at radius 1 is 1.19 bits per heavy atom. The molecule has 1 aliphatic carbocycles. The van der Waals surface area contributed by atoms with Gasteiger partial charge in [0.1, 0.15) is 0 Å². The SMILES string of the molecule is CCS(=O)(=O)c1ccccc1NCC1(SC)CCCCC1. The van der Waals surface area contributed by atoms with E-state index in [4.69, 9.17) is 0 Å². The van der Waals surface area contributed by atoms with Crippen LogP contribution < -0.4 is 5.32 Å². The molecular formula is C16H25NO2S2. The van der Waals surface area contributed by atoms with Crippen molar-refractivity contribution in [1.29, 1.82) is 0 Å². The first-order chi connectivity index (χ1) is 10.0. The van der Waals surface area contributed by atoms with Crippen molar-refractivity contribution in [2.45, 2.75) is 48.7 Å². The standard InChI is InChI=1S/C16H25NO2S2/c1-3-21(18,19)15-10-6-5-9-14(15)17-13-16(20-2)11-7-4-8-12-16/h5-6,9-10,17H,3-4,7-8,11-13H2,1-2H3. The molecule has 0 atom stereocenters. The maximum atomic E-state index is 12.2. The Morgan fingerprint density at radius 2 is 1.86 bits per heavy atom. The largest absolute Gasteiger partial charge is 0.383 e. The summed E-state index contributed by atoms with van der Waals surface area (Å²) in [5.41, 5.74) is 0.748. The molecule has 3 nitrogen and oxygen atoms in total. The molecule has 118 valence electrons. The Kier molecular flexibility index (Phi) is 5.60. The lowest BCUT2D eigenvalue weighted by atomic mass is 9.88. The molecule has 0 saturated heterocycles. The molecule has 1 aliphatic rings. The summed E-state index contributed by atoms with van der Waals surface area (Å²) in [5, 5.41) is 3.42. The molecule has 21 heavy (non-hydrogen) atoms. The fourth-order valence-corrected chi connectivity index (χ4v) is 4.93. The van der Waals surface area contributed by atoms with E-state index in [1.807, 2.05) is 23.9 Å². The summed E-state index contributed by atoms with van der Waals surface area (Å²) < 4.78 is 24.6. The summed E-state index contributed by atoms with van der Waals surface area (Å²) in [6, 6.07) is 7.26. The van der Waals surface area contributed by atoms with Gasteiger partial charge in [-0.25, -0.2) is 8.42 Å². The summed E-state index contributed by atoms with van der Waals surface area (Å²) in [6.07, 6.45) is 8.47. The second kappa shape index (κ2) is 7.05. The smallest absolute Gasteiger partial charge is 0.180 e. The van der Waals surface area contributed by atoms with Crippen LogP contribution in [0.1, 0.15) is 39.0 Å². The average Bonchev–Trinajstić information content (AvgIpc) is 2.54. The molecule has 1 aromatic rings. The van der Waals surface area contributed by atoms with Crippen molar-refractivity contribution in [2.24, 2.45) is 0 Å². The van der Waals surface area contributed by atoms with E-state index >= 15 is 0 Å². The number of hydrogen-bond donors (Lipinski definition) is 1. The normalized spacial score (nSPS) is 18.4. The van der Waals surface area contributed by atoms with Crippen LogP contribution in [0, 0.1) is 0 Å². The van der Waals surface area contributed by atoms with Gasteiger partial charge >= 0.3 is 0 Å². The third-order valence-electron chi connectivity index (χ3n) is 4.40. The zero-order valence-corrected chi connectivity index (χ0v) is 14.5. The Bertz CT molecular complexity index is 563. The number of nitrogens with one attached hydrogen (secondary N) is 1. The fraction of sp³-hybridized carbons (Fsp3) is 0.625. The molecule has 1 saturated carbocycles. The van der Waals surface area contributed by atoms with E-state index < -0.39 is 9.84 Å². The van der Waals surface area contributed by atoms with Gasteiger partial charge in [0.05, 0.1) is 16.3 Å². The van der Waals surface area contributed by atoms with Crippen molar-refractivity contribution in [3.63, 3.8) is 0 Å². The van der Waals surface area contributed by atoms with Gasteiger partial charge in [-0.3, -0.25) is 0 Å². The summed E-state index contributed by atoms with van der Waals surface area (Å²) in [4.78, 5) is 0.430. The first-order valence-electron chi connectivity index (χ1n) is 7.64. The Labute approximate surface area is 132 Å². The Morgan fingerprint density at radius 3 is 2.48 bits per heavy atom. The first-order valence-corrected chi connectivity index (χ1v) is 10.5. The molecule has 1 N–H and O–H groups in total. The van der Waals surface area contributed by atoms with Gasteiger partial charge in [0.15, 0.2) is 9.84 Å². The van der Waals surface area contributed by atoms with Crippen LogP contribution in [0.25, 0.3) is 0 Å². The molecule has 0 radical (unpaired) electrons. The highest BCUT2D eigenvalue weighted by Crippen LogP contribution is 2.39. The van der Waals surface area contributed by atoms with Crippen molar-refractivity contribution in [2.75, 3.05) is 23.9 Å². The molecule has 0 spiro atoms. The third kappa shape index (κ3) is 3.95. The highest BCUT2D eigenvalue weighted by molar-refractivity contribution is 8.00. The predicted octanol–water partition coefficient (Wildman–Crippen LogP) is 3.96. The minimum atomic E-state index is -3.18. The number of para-hydroxylation sites is 1. The minimum absolute atomic E-state index is 0.138. The van der Waals surface area contributed by atoms with Crippen molar-refractivity contribution in [3.8, 4) is 0 Å². The van der Waals surface area contributed by atoms with Gasteiger partial charge in [-0.1, -0.05) is 38.3 Å². The number of rotatable bonds is 6. The lowest BCUT2D eigenvalue weighted by Crippen LogP contribution is -2.35. The van der Waals surface area contributed by atoms with Crippen LogP contribution in [-0.2, 0) is 9.84 Å². The molecule has 0 amide bonds. The number of sulfone groups is 1. The van der Waals surface area contributed by atoms with Crippen molar-refractivity contribution in [1.82, 2.24) is 0 Å². The second-order valence-electron chi connectivity index (χ2n) is 5.70. The monoisotopic (exact) mass is 327 g/mol. The molecule has 2 rings (SSSR count). The van der Waals surface area contributed by atoms with E-state index in [1.54, 1.807) is 19.1 Å². The van der Waals surface area contributed by atoms with Crippen LogP contribution in [0.3, 0.4) is 0 Å². The van der Waals surface area contributed by atoms with Crippen LogP contribution in [0.5, 0.6) is 0 Å². The number of benzene rings is 1. The molecule has 0 bridgehead atoms. The van der Waals surface area contributed by atoms with E-state index in [-0.39, 0.29) is 10.5 Å². The van der Waals surface area contributed by atoms with Gasteiger partial charge in [0.2, 0.25) is 0 Å². The Balaban J connectivity index is 2.17. The molecule has 1 aromatic carbocycles. The molecule has 1 fully saturated rings. The molecular weight excluding hydrogens is 302 g/mol. The van der Waals surface area contributed by atoms with Crippen LogP contribution in [0.4, 0.5) is 5.69 Å². The van der Waals surface area contributed by atoms with Gasteiger partial charge in [-0.15, -0.1) is 0 Å². The van der Waals surface area contributed by atoms with Gasteiger partial charge in [0.25, 0.3) is 0 Å². The van der Waals surface area contributed by atoms with Crippen LogP contribution in [0.15, 0.2) is 29.2 Å². The van der Waals surface area contributed by atoms with Crippen LogP contribution in [-0.4, -0.2) is 31.7 Å². The average molecular weight is 328 g/mol. The maximum Gasteiger partial charge on any atom is 0.180 e. The van der Waals surface area contributed by atoms with Gasteiger partial charge < -0.3 is 5.32 Å². The topological polar surface area (TPSA) is 46.2 Å². The van der Waals surface area contributed by atoms with Crippen LogP contribution in [0.2, 0.25) is 0 Å². The second-order valence-corrected chi connectivity index (χ2v) is 9.22. The van der Waals surface area contributed by atoms with Gasteiger partial charge in [-0.2, -0.15) is 11.8 Å². The van der Waals surface area contributed by atoms with Crippen molar-refractivity contribution < 1.29 is 8.42 Å². The number of thioether (sulfide) groups is 1. The quantitative estimate of drug-likeness (QED) is 0.859. The maximum absolute atomic E-state index is 12.2. The van der Waals surface area contributed by atoms with Crippen molar-refractivity contribution >= 4 is 27.3 Å². The molecule has 5 heteroatoms. The highest BCUT2D eigenvalue weighted by Gasteiger charge is 2.31. The van der Waals surface area contributed by atoms with E-state index in [0.29, 0.717) is 4.90 Å². The fourth-order valence-electron chi connectivity index (χ4n) is 2.94. The lowest BCUT2D eigenvalue weighted by Gasteiger charge is -2.36. The predicted molar refractivity (Wildman–Crippen MR) is 92.0 cm³/mol. The summed E-state index contributed by atoms with van der Waals surface area (Å²) >= 11 is 1.92. The van der Waals surface area contributed by atoms with E-state index in [9.17, 15) is 8.42 Å². The molecule has 0 heterocycles. The van der Waals surface area contributed by atoms with E-state index in [0.717, 1.165) is 12.2 Å². The zero-order chi connectivity index (χ0) is 15.3. The first kappa shape index (κ1) is 16.7.